The molecule has 10 atom stereocenters. The number of carbonyl (C=O) groups excluding carboxylic acids is 2. The summed E-state index contributed by atoms with van der Waals surface area (Å²) in [5.74, 6) is -5.73. The molecule has 6 fully saturated rings. The van der Waals surface area contributed by atoms with Crippen molar-refractivity contribution in [2.24, 2.45) is 34.0 Å². The predicted molar refractivity (Wildman–Crippen MR) is 101 cm³/mol. The molecule has 2 aliphatic heterocycles. The van der Waals surface area contributed by atoms with Crippen molar-refractivity contribution in [1.29, 1.82) is 0 Å². The summed E-state index contributed by atoms with van der Waals surface area (Å²) in [6.45, 7) is 9.05. The Kier molecular flexibility index (Phi) is 3.85. The van der Waals surface area contributed by atoms with Gasteiger partial charge in [-0.15, -0.1) is 0 Å². The minimum Gasteiger partial charge on any atom is -0.461 e. The Morgan fingerprint density at radius 3 is 2.47 bits per heavy atom. The summed E-state index contributed by atoms with van der Waals surface area (Å²) in [5.41, 5.74) is -3.40. The van der Waals surface area contributed by atoms with Crippen LogP contribution in [0.1, 0.15) is 46.5 Å². The molecule has 2 saturated heterocycles. The Balaban J connectivity index is 1.82. The highest BCUT2D eigenvalue weighted by Gasteiger charge is 2.90. The Morgan fingerprint density at radius 2 is 1.83 bits per heavy atom. The molecule has 0 unspecified atom stereocenters. The summed E-state index contributed by atoms with van der Waals surface area (Å²) in [7, 11) is 0. The van der Waals surface area contributed by atoms with Gasteiger partial charge in [-0.2, -0.15) is 0 Å². The smallest absolute Gasteiger partial charge is 0.319 e. The van der Waals surface area contributed by atoms with Crippen molar-refractivity contribution in [1.82, 2.24) is 0 Å². The van der Waals surface area contributed by atoms with Gasteiger partial charge in [-0.25, -0.2) is 0 Å². The maximum absolute atomic E-state index is 13.6. The maximum atomic E-state index is 13.6. The van der Waals surface area contributed by atoms with Gasteiger partial charge in [-0.05, 0) is 42.6 Å². The van der Waals surface area contributed by atoms with E-state index in [2.05, 4.69) is 6.58 Å². The normalized spacial score (nSPS) is 55.5. The second-order valence-corrected chi connectivity index (χ2v) is 10.7. The number of esters is 2. The standard InChI is InChI=1S/C22H30O8/c1-9-11-5-6-12-20-13(29-10(2)23)7-8-19(3,4)14(20)17(26)22(28,30-18(20)27)21(12,15(9)24)16(11)25/h11-17,24-26,28H,1,5-8H2,2-4H3/t11-,12-,13-,14+,15+,16+,17-,20-,21-,22+/m0/s1. The van der Waals surface area contributed by atoms with E-state index in [1.165, 1.54) is 6.92 Å². The Morgan fingerprint density at radius 1 is 1.17 bits per heavy atom. The summed E-state index contributed by atoms with van der Waals surface area (Å²) >= 11 is 0. The van der Waals surface area contributed by atoms with Gasteiger partial charge in [0, 0.05) is 18.8 Å². The van der Waals surface area contributed by atoms with Gasteiger partial charge in [0.15, 0.2) is 0 Å². The highest BCUT2D eigenvalue weighted by molar-refractivity contribution is 5.83. The van der Waals surface area contributed by atoms with Crippen molar-refractivity contribution in [2.75, 3.05) is 0 Å². The molecule has 0 radical (unpaired) electrons. The quantitative estimate of drug-likeness (QED) is 0.349. The highest BCUT2D eigenvalue weighted by Crippen LogP contribution is 2.77. The topological polar surface area (TPSA) is 134 Å². The van der Waals surface area contributed by atoms with Crippen molar-refractivity contribution in [3.8, 4) is 0 Å². The fourth-order valence-electron chi connectivity index (χ4n) is 8.32. The molecule has 30 heavy (non-hydrogen) atoms. The largest absolute Gasteiger partial charge is 0.461 e. The van der Waals surface area contributed by atoms with Crippen molar-refractivity contribution >= 4 is 11.9 Å². The summed E-state index contributed by atoms with van der Waals surface area (Å²) in [6, 6.07) is 0. The lowest BCUT2D eigenvalue weighted by Gasteiger charge is -2.74. The van der Waals surface area contributed by atoms with E-state index in [1.807, 2.05) is 13.8 Å². The number of hydrogen-bond donors (Lipinski definition) is 4. The molecule has 166 valence electrons. The number of hydrogen-bond acceptors (Lipinski definition) is 8. The van der Waals surface area contributed by atoms with Crippen LogP contribution in [-0.2, 0) is 19.1 Å². The lowest BCUT2D eigenvalue weighted by Crippen LogP contribution is -2.87. The molecule has 0 aromatic rings. The summed E-state index contributed by atoms with van der Waals surface area (Å²) in [6.07, 6.45) is -3.21. The van der Waals surface area contributed by atoms with Gasteiger partial charge in [0.1, 0.15) is 17.6 Å². The zero-order valence-corrected chi connectivity index (χ0v) is 17.5. The molecule has 0 aromatic carbocycles. The SMILES string of the molecule is C=C1[C@@H](O)[C@]23[C@H](O)[C@H]1CC[C@H]2[C@@]12C(=O)O[C@]3(O)[C@@H](O)[C@@H]1C(C)(C)CC[C@@H]2OC(C)=O. The lowest BCUT2D eigenvalue weighted by atomic mass is 9.35. The van der Waals surface area contributed by atoms with E-state index in [-0.39, 0.29) is 0 Å². The molecule has 4 aliphatic carbocycles. The molecule has 6 aliphatic rings. The molecule has 2 heterocycles. The minimum absolute atomic E-state index is 0.376. The monoisotopic (exact) mass is 422 g/mol. The average molecular weight is 422 g/mol. The van der Waals surface area contributed by atoms with Crippen LogP contribution in [0.15, 0.2) is 12.2 Å². The van der Waals surface area contributed by atoms with Gasteiger partial charge in [0.2, 0.25) is 5.79 Å². The molecule has 4 saturated carbocycles. The molecule has 2 spiro atoms. The number of carbonyl (C=O) groups is 2. The fourth-order valence-corrected chi connectivity index (χ4v) is 8.32. The molecule has 0 amide bonds. The number of aliphatic hydroxyl groups excluding tert-OH is 3. The van der Waals surface area contributed by atoms with Gasteiger partial charge in [0.05, 0.1) is 17.6 Å². The van der Waals surface area contributed by atoms with Crippen LogP contribution in [-0.4, -0.2) is 62.6 Å². The maximum Gasteiger partial charge on any atom is 0.319 e. The van der Waals surface area contributed by atoms with Crippen LogP contribution >= 0.6 is 0 Å². The van der Waals surface area contributed by atoms with Crippen molar-refractivity contribution in [3.05, 3.63) is 12.2 Å². The molecule has 0 aromatic heterocycles. The first kappa shape index (κ1) is 20.4. The van der Waals surface area contributed by atoms with E-state index in [0.717, 1.165) is 0 Å². The predicted octanol–water partition coefficient (Wildman–Crippen LogP) is 0.265. The van der Waals surface area contributed by atoms with Gasteiger partial charge >= 0.3 is 11.9 Å². The van der Waals surface area contributed by atoms with E-state index >= 15 is 0 Å². The van der Waals surface area contributed by atoms with Crippen LogP contribution < -0.4 is 0 Å². The minimum atomic E-state index is -2.46. The molecular weight excluding hydrogens is 392 g/mol. The Labute approximate surface area is 174 Å². The highest BCUT2D eigenvalue weighted by atomic mass is 16.7. The third-order valence-corrected chi connectivity index (χ3v) is 9.26. The van der Waals surface area contributed by atoms with E-state index in [1.54, 1.807) is 0 Å². The third kappa shape index (κ3) is 1.82. The van der Waals surface area contributed by atoms with Crippen LogP contribution in [0.4, 0.5) is 0 Å². The lowest BCUT2D eigenvalue weighted by molar-refractivity contribution is -0.442. The molecule has 4 N–H and O–H groups in total. The summed E-state index contributed by atoms with van der Waals surface area (Å²) < 4.78 is 11.2. The van der Waals surface area contributed by atoms with E-state index in [9.17, 15) is 30.0 Å². The first-order valence-corrected chi connectivity index (χ1v) is 10.7. The van der Waals surface area contributed by atoms with Crippen molar-refractivity contribution < 1.29 is 39.5 Å². The molecule has 8 nitrogen and oxygen atoms in total. The van der Waals surface area contributed by atoms with Crippen LogP contribution in [0.2, 0.25) is 0 Å². The first-order valence-electron chi connectivity index (χ1n) is 10.7. The summed E-state index contributed by atoms with van der Waals surface area (Å²) in [4.78, 5) is 25.6. The Hall–Kier alpha value is -1.48. The summed E-state index contributed by atoms with van der Waals surface area (Å²) in [5, 5.41) is 45.9. The van der Waals surface area contributed by atoms with E-state index in [4.69, 9.17) is 9.47 Å². The van der Waals surface area contributed by atoms with E-state index in [0.29, 0.717) is 31.3 Å². The Bertz CT molecular complexity index is 852. The second-order valence-electron chi connectivity index (χ2n) is 10.7. The second kappa shape index (κ2) is 5.65. The van der Waals surface area contributed by atoms with Crippen LogP contribution in [0.3, 0.4) is 0 Å². The van der Waals surface area contributed by atoms with Gasteiger partial charge in [-0.3, -0.25) is 9.59 Å². The van der Waals surface area contributed by atoms with Crippen molar-refractivity contribution in [3.63, 3.8) is 0 Å². The number of rotatable bonds is 1. The number of ether oxygens (including phenoxy) is 2. The van der Waals surface area contributed by atoms with Gasteiger partial charge in [0.25, 0.3) is 0 Å². The first-order chi connectivity index (χ1) is 13.9. The van der Waals surface area contributed by atoms with Gasteiger partial charge < -0.3 is 29.9 Å². The fraction of sp³-hybridized carbons (Fsp3) is 0.818. The zero-order valence-electron chi connectivity index (χ0n) is 17.5. The van der Waals surface area contributed by atoms with Crippen LogP contribution in [0.25, 0.3) is 0 Å². The number of aliphatic hydroxyl groups is 4. The van der Waals surface area contributed by atoms with Gasteiger partial charge in [-0.1, -0.05) is 20.4 Å². The molecule has 4 bridgehead atoms. The van der Waals surface area contributed by atoms with Crippen LogP contribution in [0, 0.1) is 34.0 Å². The third-order valence-electron chi connectivity index (χ3n) is 9.26. The van der Waals surface area contributed by atoms with Crippen LogP contribution in [0.5, 0.6) is 0 Å². The average Bonchev–Trinajstić information content (AvgIpc) is 2.74. The van der Waals surface area contributed by atoms with Crippen molar-refractivity contribution in [2.45, 2.75) is 76.7 Å². The number of fused-ring (bicyclic) bond motifs is 2. The molecule has 8 heteroatoms. The van der Waals surface area contributed by atoms with E-state index < -0.39 is 76.1 Å². The zero-order chi connectivity index (χ0) is 22.0. The molecule has 6 rings (SSSR count). The molecular formula is C22H30O8.